The third-order valence-corrected chi connectivity index (χ3v) is 3.51. The summed E-state index contributed by atoms with van der Waals surface area (Å²) in [6, 6.07) is 15.7. The maximum atomic E-state index is 9.50. The van der Waals surface area contributed by atoms with Gasteiger partial charge in [-0.2, -0.15) is 0 Å². The first-order valence-electron chi connectivity index (χ1n) is 6.35. The van der Waals surface area contributed by atoms with Gasteiger partial charge in [-0.1, -0.05) is 48.0 Å². The van der Waals surface area contributed by atoms with E-state index in [9.17, 15) is 5.11 Å². The Bertz CT molecular complexity index is 525. The van der Waals surface area contributed by atoms with Gasteiger partial charge >= 0.3 is 0 Å². The van der Waals surface area contributed by atoms with Crippen LogP contribution in [0.1, 0.15) is 22.7 Å². The molecule has 0 aliphatic rings. The SMILES string of the molecule is Cc1ccccc1CNC(CO)c1ccc(Cl)cc1. The molecule has 19 heavy (non-hydrogen) atoms. The van der Waals surface area contributed by atoms with Gasteiger partial charge in [0.15, 0.2) is 0 Å². The summed E-state index contributed by atoms with van der Waals surface area (Å²) in [6.07, 6.45) is 0. The van der Waals surface area contributed by atoms with Crippen LogP contribution in [0.4, 0.5) is 0 Å². The third kappa shape index (κ3) is 3.80. The second-order valence-corrected chi connectivity index (χ2v) is 5.03. The van der Waals surface area contributed by atoms with Crippen LogP contribution in [0, 0.1) is 6.92 Å². The van der Waals surface area contributed by atoms with Gasteiger partial charge in [0.2, 0.25) is 0 Å². The molecule has 0 bridgehead atoms. The van der Waals surface area contributed by atoms with Crippen molar-refractivity contribution >= 4 is 11.6 Å². The maximum Gasteiger partial charge on any atom is 0.0626 e. The fourth-order valence-electron chi connectivity index (χ4n) is 2.02. The third-order valence-electron chi connectivity index (χ3n) is 3.26. The number of halogens is 1. The summed E-state index contributed by atoms with van der Waals surface area (Å²) in [5.74, 6) is 0. The summed E-state index contributed by atoms with van der Waals surface area (Å²) in [7, 11) is 0. The first-order chi connectivity index (χ1) is 9.20. The number of benzene rings is 2. The molecule has 0 heterocycles. The lowest BCUT2D eigenvalue weighted by Gasteiger charge is -2.17. The number of aliphatic hydroxyl groups is 1. The highest BCUT2D eigenvalue weighted by Gasteiger charge is 2.10. The van der Waals surface area contributed by atoms with E-state index in [0.717, 1.165) is 12.1 Å². The summed E-state index contributed by atoms with van der Waals surface area (Å²) < 4.78 is 0. The molecule has 1 atom stereocenters. The molecule has 0 radical (unpaired) electrons. The van der Waals surface area contributed by atoms with Crippen LogP contribution in [0.2, 0.25) is 5.02 Å². The van der Waals surface area contributed by atoms with Crippen molar-refractivity contribution in [3.8, 4) is 0 Å². The van der Waals surface area contributed by atoms with Crippen molar-refractivity contribution in [2.75, 3.05) is 6.61 Å². The highest BCUT2D eigenvalue weighted by Crippen LogP contribution is 2.17. The molecular formula is C16H18ClNO. The van der Waals surface area contributed by atoms with Gasteiger partial charge in [-0.05, 0) is 35.7 Å². The molecule has 1 unspecified atom stereocenters. The van der Waals surface area contributed by atoms with Gasteiger partial charge in [0.25, 0.3) is 0 Å². The maximum absolute atomic E-state index is 9.50. The smallest absolute Gasteiger partial charge is 0.0626 e. The lowest BCUT2D eigenvalue weighted by atomic mass is 10.1. The molecule has 2 aromatic rings. The van der Waals surface area contributed by atoms with Crippen molar-refractivity contribution in [2.24, 2.45) is 0 Å². The fourth-order valence-corrected chi connectivity index (χ4v) is 2.15. The molecule has 0 aromatic heterocycles. The Balaban J connectivity index is 2.04. The van der Waals surface area contributed by atoms with Crippen molar-refractivity contribution in [2.45, 2.75) is 19.5 Å². The normalized spacial score (nSPS) is 12.4. The first-order valence-corrected chi connectivity index (χ1v) is 6.72. The Morgan fingerprint density at radius 2 is 1.79 bits per heavy atom. The lowest BCUT2D eigenvalue weighted by Crippen LogP contribution is -2.24. The van der Waals surface area contributed by atoms with Gasteiger partial charge in [0, 0.05) is 11.6 Å². The number of nitrogens with one attached hydrogen (secondary N) is 1. The summed E-state index contributed by atoms with van der Waals surface area (Å²) in [6.45, 7) is 2.89. The Hall–Kier alpha value is -1.35. The van der Waals surface area contributed by atoms with Gasteiger partial charge in [-0.15, -0.1) is 0 Å². The van der Waals surface area contributed by atoms with Gasteiger partial charge in [0.05, 0.1) is 12.6 Å². The minimum Gasteiger partial charge on any atom is -0.394 e. The van der Waals surface area contributed by atoms with Crippen LogP contribution < -0.4 is 5.32 Å². The predicted molar refractivity (Wildman–Crippen MR) is 79.3 cm³/mol. The van der Waals surface area contributed by atoms with Crippen molar-refractivity contribution in [1.82, 2.24) is 5.32 Å². The van der Waals surface area contributed by atoms with Crippen LogP contribution in [0.3, 0.4) is 0 Å². The van der Waals surface area contributed by atoms with E-state index in [0.29, 0.717) is 5.02 Å². The predicted octanol–water partition coefficient (Wildman–Crippen LogP) is 3.47. The van der Waals surface area contributed by atoms with E-state index in [1.54, 1.807) is 0 Å². The van der Waals surface area contributed by atoms with Crippen molar-refractivity contribution in [3.05, 3.63) is 70.2 Å². The Labute approximate surface area is 119 Å². The summed E-state index contributed by atoms with van der Waals surface area (Å²) in [5, 5.41) is 13.6. The van der Waals surface area contributed by atoms with E-state index in [-0.39, 0.29) is 12.6 Å². The molecule has 100 valence electrons. The average Bonchev–Trinajstić information content (AvgIpc) is 2.43. The molecule has 0 fully saturated rings. The quantitative estimate of drug-likeness (QED) is 0.876. The summed E-state index contributed by atoms with van der Waals surface area (Å²) in [5.41, 5.74) is 3.54. The monoisotopic (exact) mass is 275 g/mol. The number of aliphatic hydroxyl groups excluding tert-OH is 1. The zero-order chi connectivity index (χ0) is 13.7. The molecule has 0 amide bonds. The Morgan fingerprint density at radius 1 is 1.11 bits per heavy atom. The second-order valence-electron chi connectivity index (χ2n) is 4.59. The number of aryl methyl sites for hydroxylation is 1. The zero-order valence-electron chi connectivity index (χ0n) is 10.9. The zero-order valence-corrected chi connectivity index (χ0v) is 11.7. The molecule has 0 spiro atoms. The van der Waals surface area contributed by atoms with Crippen LogP contribution in [-0.4, -0.2) is 11.7 Å². The van der Waals surface area contributed by atoms with E-state index in [4.69, 9.17) is 11.6 Å². The van der Waals surface area contributed by atoms with Crippen molar-refractivity contribution in [1.29, 1.82) is 0 Å². The summed E-state index contributed by atoms with van der Waals surface area (Å²) >= 11 is 5.87. The molecule has 0 saturated heterocycles. The van der Waals surface area contributed by atoms with Crippen LogP contribution in [0.25, 0.3) is 0 Å². The highest BCUT2D eigenvalue weighted by atomic mass is 35.5. The van der Waals surface area contributed by atoms with Gasteiger partial charge in [0.1, 0.15) is 0 Å². The minimum absolute atomic E-state index is 0.0630. The fraction of sp³-hybridized carbons (Fsp3) is 0.250. The molecule has 0 aliphatic heterocycles. The molecule has 2 nitrogen and oxygen atoms in total. The Morgan fingerprint density at radius 3 is 2.42 bits per heavy atom. The standard InChI is InChI=1S/C16H18ClNO/c1-12-4-2-3-5-14(12)10-18-16(11-19)13-6-8-15(17)9-7-13/h2-9,16,18-19H,10-11H2,1H3. The van der Waals surface area contributed by atoms with E-state index in [1.807, 2.05) is 36.4 Å². The van der Waals surface area contributed by atoms with Gasteiger partial charge in [-0.3, -0.25) is 0 Å². The average molecular weight is 276 g/mol. The molecule has 2 rings (SSSR count). The summed E-state index contributed by atoms with van der Waals surface area (Å²) in [4.78, 5) is 0. The molecule has 2 N–H and O–H groups in total. The second kappa shape index (κ2) is 6.71. The van der Waals surface area contributed by atoms with Crippen LogP contribution in [0.15, 0.2) is 48.5 Å². The number of rotatable bonds is 5. The van der Waals surface area contributed by atoms with Crippen molar-refractivity contribution in [3.63, 3.8) is 0 Å². The first kappa shape index (κ1) is 14.1. The lowest BCUT2D eigenvalue weighted by molar-refractivity contribution is 0.243. The molecule has 3 heteroatoms. The molecular weight excluding hydrogens is 258 g/mol. The van der Waals surface area contributed by atoms with Gasteiger partial charge < -0.3 is 10.4 Å². The van der Waals surface area contributed by atoms with E-state index < -0.39 is 0 Å². The van der Waals surface area contributed by atoms with E-state index in [2.05, 4.69) is 24.4 Å². The van der Waals surface area contributed by atoms with Crippen molar-refractivity contribution < 1.29 is 5.11 Å². The Kier molecular flexibility index (Phi) is 4.97. The van der Waals surface area contributed by atoms with Gasteiger partial charge in [-0.25, -0.2) is 0 Å². The molecule has 2 aromatic carbocycles. The van der Waals surface area contributed by atoms with E-state index in [1.165, 1.54) is 11.1 Å². The van der Waals surface area contributed by atoms with Crippen LogP contribution in [-0.2, 0) is 6.54 Å². The van der Waals surface area contributed by atoms with Crippen LogP contribution in [0.5, 0.6) is 0 Å². The topological polar surface area (TPSA) is 32.3 Å². The minimum atomic E-state index is -0.0723. The van der Waals surface area contributed by atoms with E-state index >= 15 is 0 Å². The molecule has 0 aliphatic carbocycles. The van der Waals surface area contributed by atoms with Crippen LogP contribution >= 0.6 is 11.6 Å². The molecule has 0 saturated carbocycles. The highest BCUT2D eigenvalue weighted by molar-refractivity contribution is 6.30. The number of hydrogen-bond acceptors (Lipinski definition) is 2. The largest absolute Gasteiger partial charge is 0.394 e. The number of hydrogen-bond donors (Lipinski definition) is 2.